The Kier molecular flexibility index (Phi) is 5.32. The fraction of sp³-hybridized carbons (Fsp3) is 0.267. The van der Waals surface area contributed by atoms with E-state index in [-0.39, 0.29) is 0 Å². The number of hydrogen-bond donors (Lipinski definition) is 1. The number of hydrogen-bond acceptors (Lipinski definition) is 4. The Balaban J connectivity index is 2.50. The van der Waals surface area contributed by atoms with E-state index in [1.54, 1.807) is 0 Å². The van der Waals surface area contributed by atoms with Crippen molar-refractivity contribution >= 4 is 43.4 Å². The maximum Gasteiger partial charge on any atom is 0.171 e. The Hall–Kier alpha value is -1.45. The first-order valence-corrected chi connectivity index (χ1v) is 8.19. The fourth-order valence-corrected chi connectivity index (χ4v) is 2.81. The van der Waals surface area contributed by atoms with E-state index in [1.807, 2.05) is 32.0 Å². The molecule has 4 nitrogen and oxygen atoms in total. The normalized spacial score (nSPS) is 10.2. The lowest BCUT2D eigenvalue weighted by atomic mass is 10.0. The van der Waals surface area contributed by atoms with Gasteiger partial charge in [0.05, 0.1) is 11.4 Å². The molecule has 1 heterocycles. The second-order valence-corrected chi connectivity index (χ2v) is 6.19. The minimum absolute atomic E-state index is 0.491. The molecule has 1 aromatic heterocycles. The molecule has 0 aliphatic carbocycles. The van der Waals surface area contributed by atoms with E-state index in [0.29, 0.717) is 11.4 Å². The van der Waals surface area contributed by atoms with Crippen LogP contribution in [0.2, 0.25) is 0 Å². The predicted octanol–water partition coefficient (Wildman–Crippen LogP) is 4.74. The van der Waals surface area contributed by atoms with Gasteiger partial charge in [-0.25, -0.2) is 0 Å². The summed E-state index contributed by atoms with van der Waals surface area (Å²) in [4.78, 5) is 0. The number of anilines is 2. The molecule has 108 valence electrons. The van der Waals surface area contributed by atoms with Crippen LogP contribution in [0.3, 0.4) is 0 Å². The summed E-state index contributed by atoms with van der Waals surface area (Å²) in [5.74, 6) is 0.491. The molecule has 0 radical (unpaired) electrons. The molecule has 6 heteroatoms. The second-order valence-electron chi connectivity index (χ2n) is 4.42. The van der Waals surface area contributed by atoms with Crippen LogP contribution in [0.15, 0.2) is 27.1 Å². The summed E-state index contributed by atoms with van der Waals surface area (Å²) in [6.45, 7) is 4.04. The number of halogens is 2. The molecule has 1 N–H and O–H groups in total. The van der Waals surface area contributed by atoms with Crippen LogP contribution >= 0.6 is 31.9 Å². The average Bonchev–Trinajstić information content (AvgIpc) is 2.50. The van der Waals surface area contributed by atoms with Gasteiger partial charge in [-0.1, -0.05) is 29.8 Å². The smallest absolute Gasteiger partial charge is 0.171 e. The van der Waals surface area contributed by atoms with Gasteiger partial charge in [-0.15, -0.1) is 5.10 Å². The van der Waals surface area contributed by atoms with Gasteiger partial charge in [0.2, 0.25) is 0 Å². The van der Waals surface area contributed by atoms with Crippen molar-refractivity contribution in [3.05, 3.63) is 44.0 Å². The summed E-state index contributed by atoms with van der Waals surface area (Å²) < 4.78 is 1.84. The number of rotatable bonds is 4. The second kappa shape index (κ2) is 7.01. The molecule has 0 spiro atoms. The van der Waals surface area contributed by atoms with Crippen LogP contribution in [0, 0.1) is 11.3 Å². The first kappa shape index (κ1) is 15.9. The van der Waals surface area contributed by atoms with Crippen LogP contribution in [0.1, 0.15) is 30.7 Å². The van der Waals surface area contributed by atoms with Gasteiger partial charge in [-0.3, -0.25) is 0 Å². The summed E-state index contributed by atoms with van der Waals surface area (Å²) >= 11 is 6.92. The van der Waals surface area contributed by atoms with Gasteiger partial charge < -0.3 is 5.32 Å². The Morgan fingerprint density at radius 3 is 2.57 bits per heavy atom. The van der Waals surface area contributed by atoms with Crippen LogP contribution in [0.4, 0.5) is 11.5 Å². The van der Waals surface area contributed by atoms with Crippen molar-refractivity contribution < 1.29 is 0 Å². The lowest BCUT2D eigenvalue weighted by Gasteiger charge is -2.13. The molecule has 0 bridgehead atoms. The Bertz CT molecular complexity index is 708. The van der Waals surface area contributed by atoms with Gasteiger partial charge in [0, 0.05) is 8.95 Å². The summed E-state index contributed by atoms with van der Waals surface area (Å²) in [6.07, 6.45) is 1.53. The van der Waals surface area contributed by atoms with Crippen LogP contribution in [-0.4, -0.2) is 10.2 Å². The molecule has 0 aliphatic rings. The molecule has 1 aromatic carbocycles. The van der Waals surface area contributed by atoms with Gasteiger partial charge in [0.25, 0.3) is 0 Å². The molecular weight excluding hydrogens is 396 g/mol. The summed E-state index contributed by atoms with van der Waals surface area (Å²) in [6, 6.07) is 8.03. The monoisotopic (exact) mass is 408 g/mol. The Morgan fingerprint density at radius 1 is 1.19 bits per heavy atom. The topological polar surface area (TPSA) is 61.6 Å². The average molecular weight is 410 g/mol. The predicted molar refractivity (Wildman–Crippen MR) is 90.6 cm³/mol. The number of nitrogens with zero attached hydrogens (tertiary/aromatic N) is 3. The van der Waals surface area contributed by atoms with E-state index < -0.39 is 0 Å². The summed E-state index contributed by atoms with van der Waals surface area (Å²) in [5.41, 5.74) is 3.24. The molecule has 0 saturated carbocycles. The van der Waals surface area contributed by atoms with Crippen molar-refractivity contribution in [1.82, 2.24) is 10.2 Å². The molecule has 2 rings (SSSR count). The lowest BCUT2D eigenvalue weighted by Crippen LogP contribution is -2.07. The first-order valence-electron chi connectivity index (χ1n) is 6.61. The maximum absolute atomic E-state index is 9.47. The van der Waals surface area contributed by atoms with Gasteiger partial charge in [-0.2, -0.15) is 10.4 Å². The first-order chi connectivity index (χ1) is 10.1. The zero-order chi connectivity index (χ0) is 15.4. The minimum Gasteiger partial charge on any atom is -0.337 e. The van der Waals surface area contributed by atoms with Crippen molar-refractivity contribution in [1.29, 1.82) is 5.26 Å². The Labute approximate surface area is 140 Å². The Morgan fingerprint density at radius 2 is 1.95 bits per heavy atom. The van der Waals surface area contributed by atoms with Crippen LogP contribution in [-0.2, 0) is 12.8 Å². The zero-order valence-corrected chi connectivity index (χ0v) is 14.9. The van der Waals surface area contributed by atoms with E-state index >= 15 is 0 Å². The van der Waals surface area contributed by atoms with Crippen molar-refractivity contribution in [2.75, 3.05) is 5.32 Å². The van der Waals surface area contributed by atoms with Gasteiger partial charge in [0.1, 0.15) is 11.6 Å². The van der Waals surface area contributed by atoms with E-state index in [0.717, 1.165) is 38.7 Å². The molecule has 0 aliphatic heterocycles. The molecule has 0 fully saturated rings. The highest BCUT2D eigenvalue weighted by Gasteiger charge is 2.15. The third kappa shape index (κ3) is 3.42. The molecule has 21 heavy (non-hydrogen) atoms. The molecule has 2 aromatic rings. The fourth-order valence-electron chi connectivity index (χ4n) is 2.10. The van der Waals surface area contributed by atoms with E-state index in [4.69, 9.17) is 0 Å². The third-order valence-corrected chi connectivity index (χ3v) is 4.32. The summed E-state index contributed by atoms with van der Waals surface area (Å²) in [5, 5.41) is 21.1. The number of nitriles is 1. The number of benzene rings is 1. The van der Waals surface area contributed by atoms with Crippen molar-refractivity contribution in [2.45, 2.75) is 26.7 Å². The highest BCUT2D eigenvalue weighted by atomic mass is 79.9. The standard InChI is InChI=1S/C15H14Br2N4/c1-3-10-11(8-18)15(21-20-13(10)4-2)19-14-7-9(16)5-6-12(14)17/h5-7H,3-4H2,1-2H3,(H,19,21). The molecule has 0 saturated heterocycles. The minimum atomic E-state index is 0.491. The molecule has 0 amide bonds. The van der Waals surface area contributed by atoms with Crippen LogP contribution in [0.25, 0.3) is 0 Å². The van der Waals surface area contributed by atoms with Gasteiger partial charge in [-0.05, 0) is 52.5 Å². The van der Waals surface area contributed by atoms with Crippen molar-refractivity contribution in [3.8, 4) is 6.07 Å². The highest BCUT2D eigenvalue weighted by Crippen LogP contribution is 2.30. The summed E-state index contributed by atoms with van der Waals surface area (Å²) in [7, 11) is 0. The zero-order valence-electron chi connectivity index (χ0n) is 11.7. The van der Waals surface area contributed by atoms with Crippen molar-refractivity contribution in [2.24, 2.45) is 0 Å². The van der Waals surface area contributed by atoms with Crippen LogP contribution in [0.5, 0.6) is 0 Å². The third-order valence-electron chi connectivity index (χ3n) is 3.14. The van der Waals surface area contributed by atoms with Gasteiger partial charge >= 0.3 is 0 Å². The SMILES string of the molecule is CCc1nnc(Nc2cc(Br)ccc2Br)c(C#N)c1CC. The largest absolute Gasteiger partial charge is 0.337 e. The molecule has 0 atom stereocenters. The van der Waals surface area contributed by atoms with E-state index in [2.05, 4.69) is 53.4 Å². The van der Waals surface area contributed by atoms with Crippen molar-refractivity contribution in [3.63, 3.8) is 0 Å². The quantitative estimate of drug-likeness (QED) is 0.791. The highest BCUT2D eigenvalue weighted by molar-refractivity contribution is 9.11. The number of nitrogens with one attached hydrogen (secondary N) is 1. The maximum atomic E-state index is 9.47. The van der Waals surface area contributed by atoms with E-state index in [9.17, 15) is 5.26 Å². The lowest BCUT2D eigenvalue weighted by molar-refractivity contribution is 0.877. The van der Waals surface area contributed by atoms with E-state index in [1.165, 1.54) is 0 Å². The number of aryl methyl sites for hydroxylation is 1. The molecule has 0 unspecified atom stereocenters. The molecular formula is C15H14Br2N4. The van der Waals surface area contributed by atoms with Gasteiger partial charge in [0.15, 0.2) is 5.82 Å². The number of aromatic nitrogens is 2. The van der Waals surface area contributed by atoms with Crippen LogP contribution < -0.4 is 5.32 Å².